The fraction of sp³-hybridized carbons (Fsp3) is 0.391. The highest BCUT2D eigenvalue weighted by molar-refractivity contribution is 6.15. The summed E-state index contributed by atoms with van der Waals surface area (Å²) in [6, 6.07) is 11.6. The number of anilines is 1. The molecule has 0 saturated carbocycles. The van der Waals surface area contributed by atoms with Crippen molar-refractivity contribution in [2.45, 2.75) is 40.0 Å². The van der Waals surface area contributed by atoms with E-state index in [9.17, 15) is 14.7 Å². The first-order chi connectivity index (χ1) is 13.5. The van der Waals surface area contributed by atoms with E-state index in [0.29, 0.717) is 6.61 Å². The zero-order chi connectivity index (χ0) is 20.5. The van der Waals surface area contributed by atoms with Gasteiger partial charge in [0.1, 0.15) is 5.75 Å². The fourth-order valence-corrected chi connectivity index (χ4v) is 3.10. The number of benzene rings is 2. The summed E-state index contributed by atoms with van der Waals surface area (Å²) in [5.74, 6) is -1.01. The second kappa shape index (κ2) is 10.5. The first-order valence-corrected chi connectivity index (χ1v) is 9.92. The molecule has 0 aromatic heterocycles. The van der Waals surface area contributed by atoms with Gasteiger partial charge in [0, 0.05) is 30.4 Å². The van der Waals surface area contributed by atoms with Crippen LogP contribution in [0.3, 0.4) is 0 Å². The van der Waals surface area contributed by atoms with Gasteiger partial charge in [0.15, 0.2) is 5.78 Å². The minimum absolute atomic E-state index is 0.0967. The summed E-state index contributed by atoms with van der Waals surface area (Å²) in [7, 11) is 0. The van der Waals surface area contributed by atoms with Gasteiger partial charge in [0.2, 0.25) is 0 Å². The largest absolute Gasteiger partial charge is 0.507 e. The Labute approximate surface area is 166 Å². The first-order valence-electron chi connectivity index (χ1n) is 9.92. The van der Waals surface area contributed by atoms with Crippen molar-refractivity contribution in [3.8, 4) is 5.75 Å². The van der Waals surface area contributed by atoms with E-state index >= 15 is 0 Å². The van der Waals surface area contributed by atoms with E-state index in [-0.39, 0.29) is 22.4 Å². The molecule has 0 amide bonds. The van der Waals surface area contributed by atoms with Crippen LogP contribution >= 0.6 is 0 Å². The summed E-state index contributed by atoms with van der Waals surface area (Å²) in [5, 5.41) is 10.4. The highest BCUT2D eigenvalue weighted by Gasteiger charge is 2.21. The van der Waals surface area contributed by atoms with Gasteiger partial charge >= 0.3 is 5.97 Å². The number of ether oxygens (including phenoxy) is 1. The average Bonchev–Trinajstić information content (AvgIpc) is 2.71. The van der Waals surface area contributed by atoms with E-state index in [0.717, 1.165) is 38.0 Å². The summed E-state index contributed by atoms with van der Waals surface area (Å²) in [4.78, 5) is 27.5. The van der Waals surface area contributed by atoms with Gasteiger partial charge in [-0.15, -0.1) is 0 Å². The maximum Gasteiger partial charge on any atom is 0.338 e. The van der Waals surface area contributed by atoms with Crippen LogP contribution in [0.5, 0.6) is 5.75 Å². The number of hydrogen-bond acceptors (Lipinski definition) is 5. The number of hydrogen-bond donors (Lipinski definition) is 1. The molecular weight excluding hydrogens is 354 g/mol. The van der Waals surface area contributed by atoms with Crippen molar-refractivity contribution in [2.75, 3.05) is 24.6 Å². The predicted octanol–water partition coefficient (Wildman–Crippen LogP) is 4.82. The smallest absolute Gasteiger partial charge is 0.338 e. The molecule has 0 heterocycles. The van der Waals surface area contributed by atoms with Crippen LogP contribution in [-0.2, 0) is 4.74 Å². The molecule has 5 heteroatoms. The van der Waals surface area contributed by atoms with Crippen LogP contribution in [-0.4, -0.2) is 36.6 Å². The van der Waals surface area contributed by atoms with Gasteiger partial charge in [-0.3, -0.25) is 4.79 Å². The van der Waals surface area contributed by atoms with Crippen LogP contribution in [0, 0.1) is 0 Å². The van der Waals surface area contributed by atoms with Crippen molar-refractivity contribution in [1.82, 2.24) is 0 Å². The van der Waals surface area contributed by atoms with Crippen molar-refractivity contribution >= 4 is 17.4 Å². The number of phenols is 1. The number of aromatic hydroxyl groups is 1. The first kappa shape index (κ1) is 21.5. The monoisotopic (exact) mass is 383 g/mol. The Morgan fingerprint density at radius 1 is 0.929 bits per heavy atom. The van der Waals surface area contributed by atoms with Crippen molar-refractivity contribution in [3.05, 3.63) is 59.2 Å². The van der Waals surface area contributed by atoms with Gasteiger partial charge in [-0.2, -0.15) is 0 Å². The van der Waals surface area contributed by atoms with Gasteiger partial charge in [0.25, 0.3) is 0 Å². The van der Waals surface area contributed by atoms with Gasteiger partial charge in [-0.1, -0.05) is 38.0 Å². The Morgan fingerprint density at radius 2 is 1.61 bits per heavy atom. The minimum Gasteiger partial charge on any atom is -0.507 e. The molecule has 1 N–H and O–H groups in total. The number of nitrogens with zero attached hydrogens (tertiary/aromatic N) is 1. The molecule has 0 spiro atoms. The molecule has 0 aliphatic carbocycles. The molecule has 28 heavy (non-hydrogen) atoms. The van der Waals surface area contributed by atoms with E-state index in [1.54, 1.807) is 36.4 Å². The highest BCUT2D eigenvalue weighted by Crippen LogP contribution is 2.27. The number of esters is 1. The van der Waals surface area contributed by atoms with Gasteiger partial charge < -0.3 is 14.7 Å². The molecule has 5 nitrogen and oxygen atoms in total. The van der Waals surface area contributed by atoms with Crippen LogP contribution in [0.25, 0.3) is 0 Å². The topological polar surface area (TPSA) is 66.8 Å². The summed E-state index contributed by atoms with van der Waals surface area (Å²) in [6.07, 6.45) is 2.82. The standard InChI is InChI=1S/C23H29NO4/c1-4-7-10-15-28-23(27)19-12-9-8-11-18(19)22(26)20-14-13-17(16-21(20)25)24(5-2)6-3/h8-9,11-14,16,25H,4-7,10,15H2,1-3H3. The van der Waals surface area contributed by atoms with Gasteiger partial charge in [-0.05, 0) is 38.5 Å². The molecule has 0 aliphatic rings. The summed E-state index contributed by atoms with van der Waals surface area (Å²) >= 11 is 0. The van der Waals surface area contributed by atoms with Crippen LogP contribution in [0.1, 0.15) is 66.3 Å². The number of phenolic OH excluding ortho intramolecular Hbond substituents is 1. The lowest BCUT2D eigenvalue weighted by Gasteiger charge is -2.21. The van der Waals surface area contributed by atoms with Crippen molar-refractivity contribution in [2.24, 2.45) is 0 Å². The van der Waals surface area contributed by atoms with Crippen LogP contribution in [0.4, 0.5) is 5.69 Å². The SMILES string of the molecule is CCCCCOC(=O)c1ccccc1C(=O)c1ccc(N(CC)CC)cc1O. The molecule has 2 rings (SSSR count). The van der Waals surface area contributed by atoms with Crippen LogP contribution in [0.15, 0.2) is 42.5 Å². The van der Waals surface area contributed by atoms with E-state index in [4.69, 9.17) is 4.74 Å². The van der Waals surface area contributed by atoms with Crippen molar-refractivity contribution in [3.63, 3.8) is 0 Å². The van der Waals surface area contributed by atoms with E-state index in [1.807, 2.05) is 19.9 Å². The second-order valence-electron chi connectivity index (χ2n) is 6.59. The molecule has 0 bridgehead atoms. The molecule has 2 aromatic carbocycles. The zero-order valence-electron chi connectivity index (χ0n) is 16.9. The fourth-order valence-electron chi connectivity index (χ4n) is 3.10. The van der Waals surface area contributed by atoms with Gasteiger partial charge in [0.05, 0.1) is 17.7 Å². The molecule has 0 atom stereocenters. The molecule has 150 valence electrons. The van der Waals surface area contributed by atoms with Crippen molar-refractivity contribution in [1.29, 1.82) is 0 Å². The predicted molar refractivity (Wildman–Crippen MR) is 111 cm³/mol. The summed E-state index contributed by atoms with van der Waals surface area (Å²) in [6.45, 7) is 8.07. The van der Waals surface area contributed by atoms with Crippen molar-refractivity contribution < 1.29 is 19.4 Å². The molecule has 0 fully saturated rings. The third-order valence-corrected chi connectivity index (χ3v) is 4.73. The highest BCUT2D eigenvalue weighted by atomic mass is 16.5. The minimum atomic E-state index is -0.515. The number of ketones is 1. The molecule has 0 unspecified atom stereocenters. The normalized spacial score (nSPS) is 10.5. The number of rotatable bonds is 10. The lowest BCUT2D eigenvalue weighted by atomic mass is 9.97. The molecule has 0 radical (unpaired) electrons. The van der Waals surface area contributed by atoms with E-state index in [2.05, 4.69) is 11.8 Å². The molecule has 2 aromatic rings. The maximum atomic E-state index is 13.0. The third kappa shape index (κ3) is 5.12. The lowest BCUT2D eigenvalue weighted by molar-refractivity contribution is 0.0495. The Hall–Kier alpha value is -2.82. The second-order valence-corrected chi connectivity index (χ2v) is 6.59. The zero-order valence-corrected chi connectivity index (χ0v) is 16.9. The maximum absolute atomic E-state index is 13.0. The Balaban J connectivity index is 2.26. The Kier molecular flexibility index (Phi) is 8.05. The van der Waals surface area contributed by atoms with Crippen LogP contribution < -0.4 is 4.90 Å². The van der Waals surface area contributed by atoms with Crippen LogP contribution in [0.2, 0.25) is 0 Å². The van der Waals surface area contributed by atoms with E-state index < -0.39 is 11.8 Å². The summed E-state index contributed by atoms with van der Waals surface area (Å²) < 4.78 is 5.31. The number of carbonyl (C=O) groups is 2. The molecule has 0 aliphatic heterocycles. The van der Waals surface area contributed by atoms with E-state index in [1.165, 1.54) is 0 Å². The summed E-state index contributed by atoms with van der Waals surface area (Å²) in [5.41, 5.74) is 1.47. The van der Waals surface area contributed by atoms with Gasteiger partial charge in [-0.25, -0.2) is 4.79 Å². The third-order valence-electron chi connectivity index (χ3n) is 4.73. The molecule has 0 saturated heterocycles. The molecular formula is C23H29NO4. The number of carbonyl (C=O) groups excluding carboxylic acids is 2. The quantitative estimate of drug-likeness (QED) is 0.362. The Morgan fingerprint density at radius 3 is 2.21 bits per heavy atom. The average molecular weight is 383 g/mol. The number of unbranched alkanes of at least 4 members (excludes halogenated alkanes) is 2. The Bertz CT molecular complexity index is 812. The lowest BCUT2D eigenvalue weighted by Crippen LogP contribution is -2.21.